The van der Waals surface area contributed by atoms with Gasteiger partial charge in [-0.25, -0.2) is 0 Å². The van der Waals surface area contributed by atoms with Crippen LogP contribution >= 0.6 is 0 Å². The van der Waals surface area contributed by atoms with Crippen LogP contribution in [0.4, 0.5) is 0 Å². The molecule has 106 valence electrons. The molecule has 3 heteroatoms. The van der Waals surface area contributed by atoms with Gasteiger partial charge in [0.2, 0.25) is 0 Å². The smallest absolute Gasteiger partial charge is 0.126 e. The summed E-state index contributed by atoms with van der Waals surface area (Å²) in [5.74, 6) is 1.21. The maximum Gasteiger partial charge on any atom is 0.126 e. The van der Waals surface area contributed by atoms with Crippen molar-refractivity contribution in [2.75, 3.05) is 19.7 Å². The zero-order chi connectivity index (χ0) is 14.0. The Balaban J connectivity index is 1.78. The van der Waals surface area contributed by atoms with Crippen LogP contribution in [0.15, 0.2) is 59.2 Å². The molecule has 0 spiro atoms. The summed E-state index contributed by atoms with van der Waals surface area (Å²) in [4.78, 5) is 0. The van der Waals surface area contributed by atoms with E-state index < -0.39 is 0 Å². The second kappa shape index (κ2) is 8.35. The standard InChI is InChI=1S/C17H21NO2/c19-12-10-16(15-6-2-1-3-7-15)14-18-11-4-8-17-9-5-13-20-17/h1-9,13,16,18-19H,10-12,14H2/b8-4+. The minimum absolute atomic E-state index is 0.212. The Hall–Kier alpha value is -1.84. The van der Waals surface area contributed by atoms with Crippen molar-refractivity contribution in [2.24, 2.45) is 0 Å². The van der Waals surface area contributed by atoms with Crippen molar-refractivity contribution < 1.29 is 9.52 Å². The Morgan fingerprint density at radius 3 is 2.70 bits per heavy atom. The lowest BCUT2D eigenvalue weighted by Crippen LogP contribution is -2.22. The first-order valence-electron chi connectivity index (χ1n) is 6.96. The lowest BCUT2D eigenvalue weighted by Gasteiger charge is -2.16. The molecule has 2 N–H and O–H groups in total. The molecular weight excluding hydrogens is 250 g/mol. The third kappa shape index (κ3) is 4.68. The maximum absolute atomic E-state index is 9.17. The predicted octanol–water partition coefficient (Wildman–Crippen LogP) is 3.05. The monoisotopic (exact) mass is 271 g/mol. The summed E-state index contributed by atoms with van der Waals surface area (Å²) in [5, 5.41) is 12.6. The maximum atomic E-state index is 9.17. The molecule has 0 aliphatic rings. The van der Waals surface area contributed by atoms with Gasteiger partial charge in [-0.3, -0.25) is 0 Å². The number of rotatable bonds is 8. The highest BCUT2D eigenvalue weighted by Crippen LogP contribution is 2.17. The number of nitrogens with one attached hydrogen (secondary N) is 1. The molecule has 1 heterocycles. The first kappa shape index (κ1) is 14.6. The predicted molar refractivity (Wildman–Crippen MR) is 81.5 cm³/mol. The molecule has 0 amide bonds. The quantitative estimate of drug-likeness (QED) is 0.725. The lowest BCUT2D eigenvalue weighted by molar-refractivity contribution is 0.274. The second-order valence-electron chi connectivity index (χ2n) is 4.70. The number of aliphatic hydroxyl groups is 1. The Morgan fingerprint density at radius 1 is 1.15 bits per heavy atom. The van der Waals surface area contributed by atoms with Crippen LogP contribution in [0, 0.1) is 0 Å². The highest BCUT2D eigenvalue weighted by molar-refractivity contribution is 5.42. The normalized spacial score (nSPS) is 12.8. The van der Waals surface area contributed by atoms with Crippen molar-refractivity contribution >= 4 is 6.08 Å². The summed E-state index contributed by atoms with van der Waals surface area (Å²) in [6.07, 6.45) is 6.44. The SMILES string of the molecule is OCCC(CNC/C=C/c1ccco1)c1ccccc1. The van der Waals surface area contributed by atoms with Crippen molar-refractivity contribution in [3.05, 3.63) is 66.1 Å². The van der Waals surface area contributed by atoms with Crippen LogP contribution in [0.3, 0.4) is 0 Å². The van der Waals surface area contributed by atoms with Gasteiger partial charge in [0.05, 0.1) is 6.26 Å². The summed E-state index contributed by atoms with van der Waals surface area (Å²) >= 11 is 0. The van der Waals surface area contributed by atoms with Gasteiger partial charge < -0.3 is 14.8 Å². The van der Waals surface area contributed by atoms with Crippen LogP contribution < -0.4 is 5.32 Å². The van der Waals surface area contributed by atoms with E-state index in [1.165, 1.54) is 5.56 Å². The molecule has 0 radical (unpaired) electrons. The first-order valence-corrected chi connectivity index (χ1v) is 6.96. The zero-order valence-corrected chi connectivity index (χ0v) is 11.5. The van der Waals surface area contributed by atoms with Crippen molar-refractivity contribution in [1.29, 1.82) is 0 Å². The number of hydrogen-bond donors (Lipinski definition) is 2. The fourth-order valence-electron chi connectivity index (χ4n) is 2.17. The molecule has 1 atom stereocenters. The van der Waals surface area contributed by atoms with Gasteiger partial charge in [-0.1, -0.05) is 36.4 Å². The van der Waals surface area contributed by atoms with Crippen LogP contribution in [0.25, 0.3) is 6.08 Å². The molecule has 0 fully saturated rings. The molecule has 1 aromatic heterocycles. The van der Waals surface area contributed by atoms with Gasteiger partial charge in [-0.15, -0.1) is 0 Å². The number of aliphatic hydroxyl groups excluding tert-OH is 1. The van der Waals surface area contributed by atoms with Crippen molar-refractivity contribution in [3.8, 4) is 0 Å². The molecular formula is C17H21NO2. The molecule has 0 aliphatic carbocycles. The van der Waals surface area contributed by atoms with E-state index in [2.05, 4.69) is 17.4 Å². The first-order chi connectivity index (χ1) is 9.90. The van der Waals surface area contributed by atoms with Crippen molar-refractivity contribution in [2.45, 2.75) is 12.3 Å². The molecule has 2 aromatic rings. The summed E-state index contributed by atoms with van der Waals surface area (Å²) in [6, 6.07) is 14.1. The van der Waals surface area contributed by atoms with Crippen molar-refractivity contribution in [3.63, 3.8) is 0 Å². The average Bonchev–Trinajstić information content (AvgIpc) is 3.00. The second-order valence-corrected chi connectivity index (χ2v) is 4.70. The van der Waals surface area contributed by atoms with E-state index in [1.807, 2.05) is 42.5 Å². The third-order valence-electron chi connectivity index (χ3n) is 3.23. The molecule has 0 bridgehead atoms. The largest absolute Gasteiger partial charge is 0.465 e. The molecule has 0 saturated carbocycles. The van der Waals surface area contributed by atoms with Crippen molar-refractivity contribution in [1.82, 2.24) is 5.32 Å². The van der Waals surface area contributed by atoms with Gasteiger partial charge in [0.1, 0.15) is 5.76 Å². The van der Waals surface area contributed by atoms with Crippen LogP contribution in [0.5, 0.6) is 0 Å². The van der Waals surface area contributed by atoms with E-state index in [0.29, 0.717) is 5.92 Å². The third-order valence-corrected chi connectivity index (χ3v) is 3.23. The van der Waals surface area contributed by atoms with Crippen LogP contribution in [-0.2, 0) is 0 Å². The van der Waals surface area contributed by atoms with E-state index in [-0.39, 0.29) is 6.61 Å². The summed E-state index contributed by atoms with van der Waals surface area (Å²) in [6.45, 7) is 1.85. The zero-order valence-electron chi connectivity index (χ0n) is 11.5. The van der Waals surface area contributed by atoms with Crippen LogP contribution in [-0.4, -0.2) is 24.8 Å². The molecule has 1 aromatic carbocycles. The minimum Gasteiger partial charge on any atom is -0.465 e. The number of benzene rings is 1. The Morgan fingerprint density at radius 2 is 2.00 bits per heavy atom. The fourth-order valence-corrected chi connectivity index (χ4v) is 2.17. The van der Waals surface area contributed by atoms with E-state index in [4.69, 9.17) is 4.42 Å². The fraction of sp³-hybridized carbons (Fsp3) is 0.294. The summed E-state index contributed by atoms with van der Waals surface area (Å²) < 4.78 is 5.22. The molecule has 3 nitrogen and oxygen atoms in total. The topological polar surface area (TPSA) is 45.4 Å². The molecule has 2 rings (SSSR count). The van der Waals surface area contributed by atoms with Gasteiger partial charge in [-0.05, 0) is 36.1 Å². The number of furan rings is 1. The molecule has 0 saturated heterocycles. The average molecular weight is 271 g/mol. The molecule has 20 heavy (non-hydrogen) atoms. The van der Waals surface area contributed by atoms with Gasteiger partial charge in [0, 0.05) is 19.7 Å². The van der Waals surface area contributed by atoms with E-state index in [1.54, 1.807) is 6.26 Å². The Kier molecular flexibility index (Phi) is 6.08. The summed E-state index contributed by atoms with van der Waals surface area (Å²) in [7, 11) is 0. The summed E-state index contributed by atoms with van der Waals surface area (Å²) in [5.41, 5.74) is 1.27. The van der Waals surface area contributed by atoms with Gasteiger partial charge in [-0.2, -0.15) is 0 Å². The Bertz CT molecular complexity index is 491. The van der Waals surface area contributed by atoms with Gasteiger partial charge >= 0.3 is 0 Å². The van der Waals surface area contributed by atoms with E-state index in [0.717, 1.165) is 25.3 Å². The van der Waals surface area contributed by atoms with Gasteiger partial charge in [0.15, 0.2) is 0 Å². The van der Waals surface area contributed by atoms with Gasteiger partial charge in [0.25, 0.3) is 0 Å². The Labute approximate surface area is 119 Å². The van der Waals surface area contributed by atoms with E-state index >= 15 is 0 Å². The number of hydrogen-bond acceptors (Lipinski definition) is 3. The minimum atomic E-state index is 0.212. The van der Waals surface area contributed by atoms with Crippen LogP contribution in [0.1, 0.15) is 23.7 Å². The van der Waals surface area contributed by atoms with Crippen LogP contribution in [0.2, 0.25) is 0 Å². The highest BCUT2D eigenvalue weighted by Gasteiger charge is 2.09. The molecule has 1 unspecified atom stereocenters. The molecule has 0 aliphatic heterocycles. The lowest BCUT2D eigenvalue weighted by atomic mass is 9.96. The van der Waals surface area contributed by atoms with E-state index in [9.17, 15) is 5.11 Å². The highest BCUT2D eigenvalue weighted by atomic mass is 16.3.